The van der Waals surface area contributed by atoms with E-state index in [1.807, 2.05) is 43.4 Å². The van der Waals surface area contributed by atoms with Gasteiger partial charge in [0.1, 0.15) is 6.26 Å². The predicted octanol–water partition coefficient (Wildman–Crippen LogP) is 2.03. The van der Waals surface area contributed by atoms with Gasteiger partial charge in [-0.15, -0.1) is 24.0 Å². The summed E-state index contributed by atoms with van der Waals surface area (Å²) in [7, 11) is 3.63. The van der Waals surface area contributed by atoms with Crippen LogP contribution >= 0.6 is 24.0 Å². The number of amides is 1. The smallest absolute Gasteiger partial charge is 0.224 e. The fourth-order valence-corrected chi connectivity index (χ4v) is 3.42. The maximum absolute atomic E-state index is 12.4. The molecule has 2 aromatic rings. The molecule has 0 bridgehead atoms. The largest absolute Gasteiger partial charge is 0.364 e. The van der Waals surface area contributed by atoms with Gasteiger partial charge in [0.05, 0.1) is 5.69 Å². The van der Waals surface area contributed by atoms with Crippen molar-refractivity contribution in [1.29, 1.82) is 0 Å². The minimum Gasteiger partial charge on any atom is -0.364 e. The van der Waals surface area contributed by atoms with E-state index in [9.17, 15) is 4.79 Å². The molecule has 1 saturated heterocycles. The van der Waals surface area contributed by atoms with Crippen molar-refractivity contribution >= 4 is 35.8 Å². The van der Waals surface area contributed by atoms with Crippen LogP contribution in [0.1, 0.15) is 17.7 Å². The number of halogens is 1. The molecule has 164 valence electrons. The molecular weight excluding hydrogens is 495 g/mol. The SMILES string of the molecule is CN=C(NCCC(=O)N(C)Cc1ccccc1)N1CCN(Cc2ccon2)CC1.I. The number of rotatable bonds is 7. The Hall–Kier alpha value is -2.14. The van der Waals surface area contributed by atoms with Crippen LogP contribution in [0, 0.1) is 0 Å². The van der Waals surface area contributed by atoms with Crippen molar-refractivity contribution in [3.8, 4) is 0 Å². The van der Waals surface area contributed by atoms with Gasteiger partial charge >= 0.3 is 0 Å². The first-order valence-corrected chi connectivity index (χ1v) is 10.0. The van der Waals surface area contributed by atoms with Crippen LogP contribution in [0.2, 0.25) is 0 Å². The molecule has 1 aliphatic heterocycles. The highest BCUT2D eigenvalue weighted by Gasteiger charge is 2.20. The number of hydrogen-bond acceptors (Lipinski definition) is 5. The molecule has 0 unspecified atom stereocenters. The van der Waals surface area contributed by atoms with E-state index in [2.05, 4.69) is 25.3 Å². The van der Waals surface area contributed by atoms with Crippen molar-refractivity contribution in [2.45, 2.75) is 19.5 Å². The van der Waals surface area contributed by atoms with Gasteiger partial charge in [-0.2, -0.15) is 0 Å². The van der Waals surface area contributed by atoms with Gasteiger partial charge in [0.15, 0.2) is 5.96 Å². The number of aromatic nitrogens is 1. The zero-order valence-corrected chi connectivity index (χ0v) is 20.0. The minimum atomic E-state index is 0. The van der Waals surface area contributed by atoms with Crippen LogP contribution in [0.3, 0.4) is 0 Å². The number of benzene rings is 1. The highest BCUT2D eigenvalue weighted by Crippen LogP contribution is 2.08. The van der Waals surface area contributed by atoms with Crippen LogP contribution in [0.15, 0.2) is 52.2 Å². The molecule has 0 radical (unpaired) electrons. The van der Waals surface area contributed by atoms with Crippen molar-refractivity contribution in [3.63, 3.8) is 0 Å². The molecule has 3 rings (SSSR count). The van der Waals surface area contributed by atoms with Crippen molar-refractivity contribution in [1.82, 2.24) is 25.2 Å². The van der Waals surface area contributed by atoms with Crippen molar-refractivity contribution in [2.24, 2.45) is 4.99 Å². The highest BCUT2D eigenvalue weighted by atomic mass is 127. The fourth-order valence-electron chi connectivity index (χ4n) is 3.42. The van der Waals surface area contributed by atoms with E-state index >= 15 is 0 Å². The van der Waals surface area contributed by atoms with Gasteiger partial charge in [-0.1, -0.05) is 35.5 Å². The summed E-state index contributed by atoms with van der Waals surface area (Å²) in [5, 5.41) is 7.31. The Labute approximate surface area is 195 Å². The van der Waals surface area contributed by atoms with Crippen LogP contribution in [-0.2, 0) is 17.9 Å². The normalized spacial score (nSPS) is 14.9. The number of guanidine groups is 1. The number of aliphatic imine (C=N–C) groups is 1. The second kappa shape index (κ2) is 12.5. The molecule has 1 N–H and O–H groups in total. The van der Waals surface area contributed by atoms with E-state index in [0.29, 0.717) is 19.5 Å². The monoisotopic (exact) mass is 526 g/mol. The maximum Gasteiger partial charge on any atom is 0.224 e. The average Bonchev–Trinajstić information content (AvgIpc) is 3.25. The van der Waals surface area contributed by atoms with E-state index < -0.39 is 0 Å². The van der Waals surface area contributed by atoms with Crippen LogP contribution in [0.25, 0.3) is 0 Å². The standard InChI is InChI=1S/C21H30N6O2.HI/c1-22-21(27-13-11-26(12-14-27)17-19-9-15-29-24-19)23-10-8-20(28)25(2)16-18-6-4-3-5-7-18;/h3-7,9,15H,8,10-14,16-17H2,1-2H3,(H,22,23);1H. The fraction of sp³-hybridized carbons (Fsp3) is 0.476. The van der Waals surface area contributed by atoms with Gasteiger partial charge in [0, 0.05) is 72.4 Å². The summed E-state index contributed by atoms with van der Waals surface area (Å²) < 4.78 is 4.90. The molecule has 1 fully saturated rings. The van der Waals surface area contributed by atoms with Gasteiger partial charge in [-0.25, -0.2) is 0 Å². The zero-order chi connectivity index (χ0) is 20.5. The third kappa shape index (κ3) is 7.28. The lowest BCUT2D eigenvalue weighted by atomic mass is 10.2. The van der Waals surface area contributed by atoms with E-state index in [1.165, 1.54) is 0 Å². The van der Waals surface area contributed by atoms with Gasteiger partial charge < -0.3 is 19.6 Å². The third-order valence-corrected chi connectivity index (χ3v) is 5.07. The molecule has 9 heteroatoms. The average molecular weight is 526 g/mol. The highest BCUT2D eigenvalue weighted by molar-refractivity contribution is 14.0. The lowest BCUT2D eigenvalue weighted by Gasteiger charge is -2.36. The molecule has 0 saturated carbocycles. The molecule has 0 spiro atoms. The van der Waals surface area contributed by atoms with E-state index in [1.54, 1.807) is 18.2 Å². The molecule has 30 heavy (non-hydrogen) atoms. The molecule has 1 aliphatic rings. The molecule has 8 nitrogen and oxygen atoms in total. The van der Waals surface area contributed by atoms with Gasteiger partial charge in [-0.3, -0.25) is 14.7 Å². The molecule has 1 amide bonds. The first-order valence-electron chi connectivity index (χ1n) is 10.0. The molecule has 1 aromatic heterocycles. The topological polar surface area (TPSA) is 77.2 Å². The van der Waals surface area contributed by atoms with E-state index in [-0.39, 0.29) is 29.9 Å². The van der Waals surface area contributed by atoms with Gasteiger partial charge in [0.2, 0.25) is 5.91 Å². The summed E-state index contributed by atoms with van der Waals surface area (Å²) in [4.78, 5) is 23.1. The Morgan fingerprint density at radius 3 is 2.57 bits per heavy atom. The number of nitrogens with one attached hydrogen (secondary N) is 1. The van der Waals surface area contributed by atoms with Gasteiger partial charge in [-0.05, 0) is 5.56 Å². The van der Waals surface area contributed by atoms with Crippen molar-refractivity contribution in [2.75, 3.05) is 46.8 Å². The second-order valence-corrected chi connectivity index (χ2v) is 7.21. The molecular formula is C21H31IN6O2. The number of piperazine rings is 1. The molecule has 0 aliphatic carbocycles. The van der Waals surface area contributed by atoms with Crippen LogP contribution in [-0.4, -0.2) is 78.5 Å². The summed E-state index contributed by atoms with van der Waals surface area (Å²) in [6.45, 7) is 5.65. The minimum absolute atomic E-state index is 0. The Bertz CT molecular complexity index is 776. The van der Waals surface area contributed by atoms with E-state index in [0.717, 1.165) is 49.9 Å². The Morgan fingerprint density at radius 2 is 1.93 bits per heavy atom. The maximum atomic E-state index is 12.4. The first-order chi connectivity index (χ1) is 14.2. The van der Waals surface area contributed by atoms with E-state index in [4.69, 9.17) is 4.52 Å². The van der Waals surface area contributed by atoms with Crippen LogP contribution < -0.4 is 5.32 Å². The molecule has 0 atom stereocenters. The first kappa shape index (κ1) is 24.1. The lowest BCUT2D eigenvalue weighted by molar-refractivity contribution is -0.130. The zero-order valence-electron chi connectivity index (χ0n) is 17.7. The Kier molecular flexibility index (Phi) is 10.1. The number of carbonyl (C=O) groups excluding carboxylic acids is 1. The van der Waals surface area contributed by atoms with Gasteiger partial charge in [0.25, 0.3) is 0 Å². The summed E-state index contributed by atoms with van der Waals surface area (Å²) in [5.74, 6) is 0.971. The molecule has 2 heterocycles. The van der Waals surface area contributed by atoms with Crippen LogP contribution in [0.4, 0.5) is 0 Å². The third-order valence-electron chi connectivity index (χ3n) is 5.07. The van der Waals surface area contributed by atoms with Crippen molar-refractivity contribution in [3.05, 3.63) is 53.9 Å². The predicted molar refractivity (Wildman–Crippen MR) is 128 cm³/mol. The van der Waals surface area contributed by atoms with Crippen molar-refractivity contribution < 1.29 is 9.32 Å². The summed E-state index contributed by atoms with van der Waals surface area (Å²) in [6, 6.07) is 11.9. The number of hydrogen-bond donors (Lipinski definition) is 1. The Balaban J connectivity index is 0.00000320. The lowest BCUT2D eigenvalue weighted by Crippen LogP contribution is -2.52. The second-order valence-electron chi connectivity index (χ2n) is 7.21. The summed E-state index contributed by atoms with van der Waals surface area (Å²) in [6.07, 6.45) is 2.05. The Morgan fingerprint density at radius 1 is 1.20 bits per heavy atom. The number of nitrogens with zero attached hydrogens (tertiary/aromatic N) is 5. The number of carbonyl (C=O) groups is 1. The van der Waals surface area contributed by atoms with Crippen LogP contribution in [0.5, 0.6) is 0 Å². The quantitative estimate of drug-likeness (QED) is 0.338. The summed E-state index contributed by atoms with van der Waals surface area (Å²) in [5.41, 5.74) is 2.09. The summed E-state index contributed by atoms with van der Waals surface area (Å²) >= 11 is 0. The molecule has 1 aromatic carbocycles.